The summed E-state index contributed by atoms with van der Waals surface area (Å²) in [7, 11) is 0. The Kier molecular flexibility index (Phi) is 28.9. The second-order valence-corrected chi connectivity index (χ2v) is 17.9. The largest absolute Gasteiger partial charge is 0.390 e. The lowest BCUT2D eigenvalue weighted by molar-refractivity contribution is -0.325. The zero-order valence-electron chi connectivity index (χ0n) is 40.5. The lowest BCUT2D eigenvalue weighted by Gasteiger charge is -2.46. The van der Waals surface area contributed by atoms with Crippen molar-refractivity contribution >= 4 is 5.91 Å². The van der Waals surface area contributed by atoms with Gasteiger partial charge in [-0.25, -0.2) is 0 Å². The van der Waals surface area contributed by atoms with Gasteiger partial charge in [-0.05, 0) is 92.4 Å². The van der Waals surface area contributed by atoms with Crippen molar-refractivity contribution < 1.29 is 43.4 Å². The summed E-state index contributed by atoms with van der Waals surface area (Å²) in [6.45, 7) is 17.2. The van der Waals surface area contributed by atoms with Crippen LogP contribution in [0.4, 0.5) is 0 Å². The van der Waals surface area contributed by atoms with Gasteiger partial charge in [0.1, 0.15) is 30.5 Å². The molecule has 0 aliphatic carbocycles. The van der Waals surface area contributed by atoms with Crippen LogP contribution >= 0.6 is 0 Å². The molecule has 1 fully saturated rings. The molecule has 2 aromatic rings. The number of rotatable bonds is 36. The molecule has 0 spiro atoms. The van der Waals surface area contributed by atoms with Crippen molar-refractivity contribution in [3.63, 3.8) is 0 Å². The number of aliphatic hydroxyl groups is 2. The van der Waals surface area contributed by atoms with E-state index >= 15 is 0 Å². The standard InChI is InChI=1S/C53H89NO9/c1-8-14-19-23-41-26-30-43(31-27-41)44-32-28-42(29-33-44)24-20-21-25-47(55)54-45(49(57)48(56)40(7)22-13-6)38-62-53-52(61-37-18-12-5)51(60-36-17-11-4)50(59-35-16-10-3)46(63-53)39-58-34-15-9-2/h26-33,40,45-46,48-53,56-57H,8-25,34-39H2,1-7H3,(H,54,55)/t40?,45-,46?,48+,49-,50?,51?,52?,53?/m0/s1. The van der Waals surface area contributed by atoms with Gasteiger partial charge in [-0.15, -0.1) is 0 Å². The molecule has 3 N–H and O–H groups in total. The summed E-state index contributed by atoms with van der Waals surface area (Å²) in [6.07, 6.45) is 11.4. The van der Waals surface area contributed by atoms with Gasteiger partial charge in [0.15, 0.2) is 6.29 Å². The molecule has 10 nitrogen and oxygen atoms in total. The maximum atomic E-state index is 13.6. The molecule has 9 atom stereocenters. The third-order valence-electron chi connectivity index (χ3n) is 12.2. The molecule has 10 heteroatoms. The summed E-state index contributed by atoms with van der Waals surface area (Å²) in [5.74, 6) is -0.372. The first kappa shape index (κ1) is 54.9. The lowest BCUT2D eigenvalue weighted by Crippen LogP contribution is -2.63. The molecule has 1 aliphatic rings. The molecular formula is C53H89NO9. The van der Waals surface area contributed by atoms with E-state index in [9.17, 15) is 15.0 Å². The molecule has 2 aromatic carbocycles. The van der Waals surface area contributed by atoms with Gasteiger partial charge in [0, 0.05) is 32.8 Å². The molecule has 1 amide bonds. The summed E-state index contributed by atoms with van der Waals surface area (Å²) in [4.78, 5) is 13.6. The number of carbonyl (C=O) groups excluding carboxylic acids is 1. The summed E-state index contributed by atoms with van der Waals surface area (Å²) in [6, 6.07) is 16.8. The van der Waals surface area contributed by atoms with Crippen LogP contribution in [-0.4, -0.2) is 105 Å². The van der Waals surface area contributed by atoms with E-state index in [2.05, 4.69) is 95.4 Å². The third-order valence-corrected chi connectivity index (χ3v) is 12.2. The second kappa shape index (κ2) is 33.1. The van der Waals surface area contributed by atoms with Crippen LogP contribution in [-0.2, 0) is 46.1 Å². The van der Waals surface area contributed by atoms with Crippen molar-refractivity contribution in [2.75, 3.05) is 39.6 Å². The Morgan fingerprint density at radius 2 is 1.11 bits per heavy atom. The van der Waals surface area contributed by atoms with E-state index in [0.717, 1.165) is 83.5 Å². The normalized spacial score (nSPS) is 20.9. The molecule has 0 aromatic heterocycles. The van der Waals surface area contributed by atoms with Crippen LogP contribution in [0.25, 0.3) is 11.1 Å². The number of ether oxygens (including phenoxy) is 6. The molecular weight excluding hydrogens is 795 g/mol. The highest BCUT2D eigenvalue weighted by atomic mass is 16.7. The number of carbonyl (C=O) groups is 1. The highest BCUT2D eigenvalue weighted by Gasteiger charge is 2.49. The molecule has 1 aliphatic heterocycles. The molecule has 0 bridgehead atoms. The van der Waals surface area contributed by atoms with Gasteiger partial charge in [-0.1, -0.05) is 142 Å². The van der Waals surface area contributed by atoms with Gasteiger partial charge >= 0.3 is 0 Å². The van der Waals surface area contributed by atoms with Crippen molar-refractivity contribution in [2.45, 2.75) is 213 Å². The van der Waals surface area contributed by atoms with Crippen LogP contribution in [0.5, 0.6) is 0 Å². The van der Waals surface area contributed by atoms with Crippen LogP contribution in [0, 0.1) is 5.92 Å². The zero-order valence-corrected chi connectivity index (χ0v) is 40.5. The van der Waals surface area contributed by atoms with E-state index in [1.165, 1.54) is 41.5 Å². The van der Waals surface area contributed by atoms with Gasteiger partial charge in [-0.2, -0.15) is 0 Å². The second-order valence-electron chi connectivity index (χ2n) is 17.9. The number of benzene rings is 2. The molecule has 360 valence electrons. The summed E-state index contributed by atoms with van der Waals surface area (Å²) in [5, 5.41) is 26.1. The van der Waals surface area contributed by atoms with Gasteiger partial charge in [0.2, 0.25) is 5.91 Å². The number of aliphatic hydroxyl groups excluding tert-OH is 2. The number of aryl methyl sites for hydroxylation is 2. The van der Waals surface area contributed by atoms with Crippen molar-refractivity contribution in [1.82, 2.24) is 5.32 Å². The number of hydrogen-bond donors (Lipinski definition) is 3. The quantitative estimate of drug-likeness (QED) is 0.0574. The smallest absolute Gasteiger partial charge is 0.220 e. The number of unbranched alkanes of at least 4 members (excludes halogenated alkanes) is 7. The Hall–Kier alpha value is -2.41. The SMILES string of the molecule is CCCCCc1ccc(-c2ccc(CCCCC(=O)N[C@@H](COC3OC(COCCCC)C(OCCCC)C(OCCCC)C3OCCCC)[C@H](O)[C@H](O)C(C)CCC)cc2)cc1. The van der Waals surface area contributed by atoms with Crippen LogP contribution < -0.4 is 5.32 Å². The Morgan fingerprint density at radius 1 is 0.603 bits per heavy atom. The molecule has 1 heterocycles. The maximum Gasteiger partial charge on any atom is 0.220 e. The predicted molar refractivity (Wildman–Crippen MR) is 255 cm³/mol. The Labute approximate surface area is 382 Å². The van der Waals surface area contributed by atoms with Crippen LogP contribution in [0.15, 0.2) is 48.5 Å². The summed E-state index contributed by atoms with van der Waals surface area (Å²) >= 11 is 0. The molecule has 1 saturated heterocycles. The van der Waals surface area contributed by atoms with Crippen LogP contribution in [0.3, 0.4) is 0 Å². The minimum absolute atomic E-state index is 0.0957. The van der Waals surface area contributed by atoms with Crippen LogP contribution in [0.2, 0.25) is 0 Å². The molecule has 3 rings (SSSR count). The zero-order chi connectivity index (χ0) is 45.7. The average molecular weight is 884 g/mol. The first-order valence-electron chi connectivity index (χ1n) is 25.2. The summed E-state index contributed by atoms with van der Waals surface area (Å²) in [5.41, 5.74) is 5.05. The minimum atomic E-state index is -1.26. The van der Waals surface area contributed by atoms with Gasteiger partial charge < -0.3 is 44.0 Å². The number of hydrogen-bond acceptors (Lipinski definition) is 9. The molecule has 63 heavy (non-hydrogen) atoms. The lowest BCUT2D eigenvalue weighted by atomic mass is 9.91. The average Bonchev–Trinajstić information content (AvgIpc) is 3.29. The summed E-state index contributed by atoms with van der Waals surface area (Å²) < 4.78 is 39.1. The van der Waals surface area contributed by atoms with E-state index in [0.29, 0.717) is 39.5 Å². The number of nitrogens with one attached hydrogen (secondary N) is 1. The maximum absolute atomic E-state index is 13.6. The Balaban J connectivity index is 1.73. The Morgan fingerprint density at radius 3 is 1.65 bits per heavy atom. The fourth-order valence-electron chi connectivity index (χ4n) is 8.08. The molecule has 0 radical (unpaired) electrons. The van der Waals surface area contributed by atoms with E-state index in [1.54, 1.807) is 0 Å². The van der Waals surface area contributed by atoms with Crippen molar-refractivity contribution in [3.8, 4) is 11.1 Å². The van der Waals surface area contributed by atoms with Crippen molar-refractivity contribution in [2.24, 2.45) is 5.92 Å². The molecule has 0 saturated carbocycles. The highest BCUT2D eigenvalue weighted by molar-refractivity contribution is 5.76. The van der Waals surface area contributed by atoms with Gasteiger partial charge in [0.05, 0.1) is 25.4 Å². The minimum Gasteiger partial charge on any atom is -0.390 e. The first-order chi connectivity index (χ1) is 30.7. The van der Waals surface area contributed by atoms with Gasteiger partial charge in [-0.3, -0.25) is 4.79 Å². The fraction of sp³-hybridized carbons (Fsp3) is 0.755. The van der Waals surface area contributed by atoms with Crippen LogP contribution in [0.1, 0.15) is 162 Å². The fourth-order valence-corrected chi connectivity index (χ4v) is 8.08. The predicted octanol–water partition coefficient (Wildman–Crippen LogP) is 10.6. The van der Waals surface area contributed by atoms with E-state index in [4.69, 9.17) is 28.4 Å². The third kappa shape index (κ3) is 20.3. The monoisotopic (exact) mass is 884 g/mol. The number of amides is 1. The van der Waals surface area contributed by atoms with E-state index in [-0.39, 0.29) is 24.9 Å². The van der Waals surface area contributed by atoms with Crippen molar-refractivity contribution in [1.29, 1.82) is 0 Å². The first-order valence-corrected chi connectivity index (χ1v) is 25.2. The topological polar surface area (TPSA) is 125 Å². The highest BCUT2D eigenvalue weighted by Crippen LogP contribution is 2.31. The van der Waals surface area contributed by atoms with E-state index < -0.39 is 49.0 Å². The van der Waals surface area contributed by atoms with Crippen molar-refractivity contribution in [3.05, 3.63) is 59.7 Å². The molecule has 6 unspecified atom stereocenters. The van der Waals surface area contributed by atoms with E-state index in [1.807, 2.05) is 6.92 Å². The Bertz CT molecular complexity index is 1420. The van der Waals surface area contributed by atoms with Gasteiger partial charge in [0.25, 0.3) is 0 Å².